The monoisotopic (exact) mass is 230 g/mol. The molecular weight excluding hydrogens is 216 g/mol. The molecule has 0 aliphatic heterocycles. The second kappa shape index (κ2) is 4.80. The Morgan fingerprint density at radius 2 is 2.29 bits per heavy atom. The number of carbonyl (C=O) groups excluding carboxylic acids is 1. The Bertz CT molecular complexity index is 533. The van der Waals surface area contributed by atoms with Crippen LogP contribution in [0, 0.1) is 0 Å². The van der Waals surface area contributed by atoms with Crippen LogP contribution in [-0.2, 0) is 13.6 Å². The highest BCUT2D eigenvalue weighted by Gasteiger charge is 2.08. The number of amides is 1. The first-order valence-electron chi connectivity index (χ1n) is 5.29. The lowest BCUT2D eigenvalue weighted by Crippen LogP contribution is -2.13. The van der Waals surface area contributed by atoms with Gasteiger partial charge in [-0.2, -0.15) is 5.10 Å². The molecule has 0 aliphatic rings. The zero-order valence-electron chi connectivity index (χ0n) is 9.55. The lowest BCUT2D eigenvalue weighted by atomic mass is 10.2. The molecule has 0 saturated heterocycles. The van der Waals surface area contributed by atoms with Crippen molar-refractivity contribution in [3.63, 3.8) is 0 Å². The molecular formula is C12H14N4O. The van der Waals surface area contributed by atoms with Gasteiger partial charge >= 0.3 is 0 Å². The first kappa shape index (κ1) is 11.3. The van der Waals surface area contributed by atoms with Gasteiger partial charge in [-0.1, -0.05) is 12.1 Å². The Hall–Kier alpha value is -2.14. The molecule has 1 aromatic carbocycles. The normalized spacial score (nSPS) is 10.2. The topological polar surface area (TPSA) is 72.9 Å². The highest BCUT2D eigenvalue weighted by molar-refractivity contribution is 6.02. The molecule has 0 saturated carbocycles. The van der Waals surface area contributed by atoms with E-state index in [4.69, 9.17) is 5.73 Å². The van der Waals surface area contributed by atoms with Gasteiger partial charge in [-0.25, -0.2) is 0 Å². The van der Waals surface area contributed by atoms with Crippen LogP contribution in [0.1, 0.15) is 16.1 Å². The maximum Gasteiger partial charge on any atom is 0.276 e. The van der Waals surface area contributed by atoms with Crippen molar-refractivity contribution in [1.82, 2.24) is 9.78 Å². The number of hydrogen-bond acceptors (Lipinski definition) is 3. The number of aromatic nitrogens is 2. The van der Waals surface area contributed by atoms with Gasteiger partial charge in [0.1, 0.15) is 0 Å². The molecule has 1 amide bonds. The molecule has 3 N–H and O–H groups in total. The number of anilines is 1. The third-order valence-corrected chi connectivity index (χ3v) is 2.37. The van der Waals surface area contributed by atoms with Crippen LogP contribution in [0.15, 0.2) is 36.5 Å². The quantitative estimate of drug-likeness (QED) is 0.830. The smallest absolute Gasteiger partial charge is 0.276 e. The molecule has 0 atom stereocenters. The van der Waals surface area contributed by atoms with E-state index in [9.17, 15) is 4.79 Å². The summed E-state index contributed by atoms with van der Waals surface area (Å²) in [6.45, 7) is 0.452. The van der Waals surface area contributed by atoms with Crippen molar-refractivity contribution in [2.45, 2.75) is 6.54 Å². The number of carbonyl (C=O) groups is 1. The summed E-state index contributed by atoms with van der Waals surface area (Å²) in [5.74, 6) is -0.222. The maximum absolute atomic E-state index is 11.8. The Morgan fingerprint density at radius 3 is 2.94 bits per heavy atom. The van der Waals surface area contributed by atoms with Crippen LogP contribution in [0.5, 0.6) is 0 Å². The molecule has 0 aliphatic carbocycles. The molecule has 1 heterocycles. The SMILES string of the molecule is Cn1ccc(C(=O)Nc2cccc(CN)c2)n1. The zero-order valence-corrected chi connectivity index (χ0v) is 9.55. The van der Waals surface area contributed by atoms with Gasteiger partial charge in [0.25, 0.3) is 5.91 Å². The van der Waals surface area contributed by atoms with Gasteiger partial charge in [-0.15, -0.1) is 0 Å². The molecule has 0 unspecified atom stereocenters. The summed E-state index contributed by atoms with van der Waals surface area (Å²) < 4.78 is 1.59. The molecule has 0 spiro atoms. The molecule has 2 aromatic rings. The molecule has 2 rings (SSSR count). The van der Waals surface area contributed by atoms with Crippen LogP contribution in [0.4, 0.5) is 5.69 Å². The molecule has 1 aromatic heterocycles. The van der Waals surface area contributed by atoms with E-state index < -0.39 is 0 Å². The second-order valence-electron chi connectivity index (χ2n) is 3.73. The number of rotatable bonds is 3. The fourth-order valence-electron chi connectivity index (χ4n) is 1.51. The van der Waals surface area contributed by atoms with Crippen LogP contribution < -0.4 is 11.1 Å². The molecule has 0 bridgehead atoms. The number of hydrogen-bond donors (Lipinski definition) is 2. The Balaban J connectivity index is 2.12. The Labute approximate surface area is 99.2 Å². The van der Waals surface area contributed by atoms with E-state index in [-0.39, 0.29) is 5.91 Å². The van der Waals surface area contributed by atoms with Gasteiger partial charge in [0.05, 0.1) is 0 Å². The number of benzene rings is 1. The fraction of sp³-hybridized carbons (Fsp3) is 0.167. The minimum absolute atomic E-state index is 0.222. The van der Waals surface area contributed by atoms with E-state index in [1.165, 1.54) is 0 Å². The van der Waals surface area contributed by atoms with E-state index in [2.05, 4.69) is 10.4 Å². The van der Waals surface area contributed by atoms with Crippen molar-refractivity contribution in [3.05, 3.63) is 47.8 Å². The van der Waals surface area contributed by atoms with Crippen molar-refractivity contribution in [1.29, 1.82) is 0 Å². The number of nitrogens with one attached hydrogen (secondary N) is 1. The third-order valence-electron chi connectivity index (χ3n) is 2.37. The molecule has 5 heteroatoms. The Kier molecular flexibility index (Phi) is 3.20. The van der Waals surface area contributed by atoms with Crippen molar-refractivity contribution in [2.24, 2.45) is 12.8 Å². The fourth-order valence-corrected chi connectivity index (χ4v) is 1.51. The lowest BCUT2D eigenvalue weighted by Gasteiger charge is -2.04. The summed E-state index contributed by atoms with van der Waals surface area (Å²) in [7, 11) is 1.77. The average molecular weight is 230 g/mol. The van der Waals surface area contributed by atoms with Crippen molar-refractivity contribution in [2.75, 3.05) is 5.32 Å². The van der Waals surface area contributed by atoms with Crippen molar-refractivity contribution in [3.8, 4) is 0 Å². The van der Waals surface area contributed by atoms with Gasteiger partial charge in [0, 0.05) is 25.5 Å². The van der Waals surface area contributed by atoms with E-state index >= 15 is 0 Å². The molecule has 88 valence electrons. The highest BCUT2D eigenvalue weighted by Crippen LogP contribution is 2.11. The van der Waals surface area contributed by atoms with Gasteiger partial charge in [0.2, 0.25) is 0 Å². The largest absolute Gasteiger partial charge is 0.326 e. The van der Waals surface area contributed by atoms with E-state index in [0.29, 0.717) is 12.2 Å². The number of nitrogens with zero attached hydrogens (tertiary/aromatic N) is 2. The summed E-state index contributed by atoms with van der Waals surface area (Å²) in [5, 5.41) is 6.81. The van der Waals surface area contributed by atoms with Crippen LogP contribution in [0.25, 0.3) is 0 Å². The Morgan fingerprint density at radius 1 is 1.47 bits per heavy atom. The molecule has 0 fully saturated rings. The number of nitrogens with two attached hydrogens (primary N) is 1. The summed E-state index contributed by atoms with van der Waals surface area (Å²) in [4.78, 5) is 11.8. The zero-order chi connectivity index (χ0) is 12.3. The minimum atomic E-state index is -0.222. The van der Waals surface area contributed by atoms with E-state index in [1.807, 2.05) is 24.3 Å². The summed E-state index contributed by atoms with van der Waals surface area (Å²) in [6.07, 6.45) is 1.73. The first-order valence-corrected chi connectivity index (χ1v) is 5.29. The van der Waals surface area contributed by atoms with Gasteiger partial charge in [0.15, 0.2) is 5.69 Å². The van der Waals surface area contributed by atoms with E-state index in [0.717, 1.165) is 11.3 Å². The standard InChI is InChI=1S/C12H14N4O/c1-16-6-5-11(15-16)12(17)14-10-4-2-3-9(7-10)8-13/h2-7H,8,13H2,1H3,(H,14,17). The molecule has 17 heavy (non-hydrogen) atoms. The van der Waals surface area contributed by atoms with Crippen LogP contribution >= 0.6 is 0 Å². The van der Waals surface area contributed by atoms with Crippen LogP contribution in [0.3, 0.4) is 0 Å². The predicted octanol–water partition coefficient (Wildman–Crippen LogP) is 1.13. The third kappa shape index (κ3) is 2.70. The molecule has 0 radical (unpaired) electrons. The van der Waals surface area contributed by atoms with E-state index in [1.54, 1.807) is 24.0 Å². The number of aryl methyl sites for hydroxylation is 1. The minimum Gasteiger partial charge on any atom is -0.326 e. The predicted molar refractivity (Wildman–Crippen MR) is 65.5 cm³/mol. The van der Waals surface area contributed by atoms with Gasteiger partial charge < -0.3 is 11.1 Å². The van der Waals surface area contributed by atoms with Gasteiger partial charge in [-0.3, -0.25) is 9.48 Å². The highest BCUT2D eigenvalue weighted by atomic mass is 16.1. The summed E-state index contributed by atoms with van der Waals surface area (Å²) in [6, 6.07) is 9.11. The van der Waals surface area contributed by atoms with Crippen LogP contribution in [0.2, 0.25) is 0 Å². The van der Waals surface area contributed by atoms with Crippen LogP contribution in [-0.4, -0.2) is 15.7 Å². The average Bonchev–Trinajstić information content (AvgIpc) is 2.76. The first-order chi connectivity index (χ1) is 8.19. The maximum atomic E-state index is 11.8. The lowest BCUT2D eigenvalue weighted by molar-refractivity contribution is 0.102. The van der Waals surface area contributed by atoms with Crippen molar-refractivity contribution < 1.29 is 4.79 Å². The summed E-state index contributed by atoms with van der Waals surface area (Å²) >= 11 is 0. The second-order valence-corrected chi connectivity index (χ2v) is 3.73. The molecule has 5 nitrogen and oxygen atoms in total. The van der Waals surface area contributed by atoms with Gasteiger partial charge in [-0.05, 0) is 23.8 Å². The van der Waals surface area contributed by atoms with Crippen molar-refractivity contribution >= 4 is 11.6 Å². The summed E-state index contributed by atoms with van der Waals surface area (Å²) in [5.41, 5.74) is 7.63.